The number of amides is 1. The zero-order valence-electron chi connectivity index (χ0n) is 19.9. The van der Waals surface area contributed by atoms with Crippen LogP contribution in [0.5, 0.6) is 0 Å². The van der Waals surface area contributed by atoms with Crippen LogP contribution >= 0.6 is 11.3 Å². The summed E-state index contributed by atoms with van der Waals surface area (Å²) in [7, 11) is 0. The number of aryl methyl sites for hydroxylation is 1. The highest BCUT2D eigenvalue weighted by atomic mass is 32.1. The van der Waals surface area contributed by atoms with Crippen molar-refractivity contribution in [3.63, 3.8) is 0 Å². The molecule has 3 aromatic rings. The number of benzene rings is 1. The van der Waals surface area contributed by atoms with Crippen LogP contribution in [-0.4, -0.2) is 71.5 Å². The predicted molar refractivity (Wildman–Crippen MR) is 138 cm³/mol. The molecule has 1 atom stereocenters. The average Bonchev–Trinajstić information content (AvgIpc) is 3.25. The van der Waals surface area contributed by atoms with E-state index in [1.54, 1.807) is 11.3 Å². The van der Waals surface area contributed by atoms with Crippen molar-refractivity contribution in [2.24, 2.45) is 5.92 Å². The van der Waals surface area contributed by atoms with Crippen LogP contribution in [0.1, 0.15) is 38.8 Å². The molecule has 6 nitrogen and oxygen atoms in total. The van der Waals surface area contributed by atoms with Gasteiger partial charge in [0.1, 0.15) is 10.7 Å². The SMILES string of the molecule is Cc1nc(Cc2ccccc2)sc1C(=O)N1CCCC(CN2CCN(c3ccccn3)CC2)C1. The Morgan fingerprint density at radius 3 is 2.59 bits per heavy atom. The Morgan fingerprint density at radius 1 is 1.03 bits per heavy atom. The van der Waals surface area contributed by atoms with Gasteiger partial charge in [-0.2, -0.15) is 0 Å². The number of pyridine rings is 1. The first kappa shape index (κ1) is 23.0. The lowest BCUT2D eigenvalue weighted by Gasteiger charge is -2.39. The average molecular weight is 476 g/mol. The number of carbonyl (C=O) groups excluding carboxylic acids is 1. The van der Waals surface area contributed by atoms with Crippen LogP contribution in [-0.2, 0) is 6.42 Å². The fourth-order valence-corrected chi connectivity index (χ4v) is 6.17. The summed E-state index contributed by atoms with van der Waals surface area (Å²) in [5.41, 5.74) is 2.10. The third-order valence-corrected chi connectivity index (χ3v) is 8.05. The van der Waals surface area contributed by atoms with Crippen LogP contribution in [0.4, 0.5) is 5.82 Å². The zero-order valence-corrected chi connectivity index (χ0v) is 20.7. The zero-order chi connectivity index (χ0) is 23.3. The lowest BCUT2D eigenvalue weighted by Crippen LogP contribution is -2.50. The molecule has 0 bridgehead atoms. The van der Waals surface area contributed by atoms with E-state index in [9.17, 15) is 4.79 Å². The van der Waals surface area contributed by atoms with E-state index in [0.717, 1.165) is 80.1 Å². The molecular weight excluding hydrogens is 442 g/mol. The number of rotatable bonds is 6. The molecule has 0 saturated carbocycles. The second-order valence-corrected chi connectivity index (χ2v) is 10.5. The molecule has 2 aliphatic rings. The number of aromatic nitrogens is 2. The van der Waals surface area contributed by atoms with E-state index < -0.39 is 0 Å². The summed E-state index contributed by atoms with van der Waals surface area (Å²) < 4.78 is 0. The molecule has 4 heterocycles. The van der Waals surface area contributed by atoms with Crippen molar-refractivity contribution in [2.75, 3.05) is 50.7 Å². The first-order chi connectivity index (χ1) is 16.7. The quantitative estimate of drug-likeness (QED) is 0.537. The van der Waals surface area contributed by atoms with Crippen molar-refractivity contribution in [1.82, 2.24) is 19.8 Å². The Labute approximate surface area is 206 Å². The second kappa shape index (κ2) is 10.7. The highest BCUT2D eigenvalue weighted by Gasteiger charge is 2.29. The Balaban J connectivity index is 1.15. The maximum Gasteiger partial charge on any atom is 0.265 e. The van der Waals surface area contributed by atoms with Crippen LogP contribution in [0.3, 0.4) is 0 Å². The molecular formula is C27H33N5OS. The molecule has 1 amide bonds. The van der Waals surface area contributed by atoms with Crippen molar-refractivity contribution in [1.29, 1.82) is 0 Å². The summed E-state index contributed by atoms with van der Waals surface area (Å²) in [4.78, 5) is 30.4. The largest absolute Gasteiger partial charge is 0.354 e. The molecule has 0 spiro atoms. The first-order valence-electron chi connectivity index (χ1n) is 12.3. The molecule has 0 radical (unpaired) electrons. The summed E-state index contributed by atoms with van der Waals surface area (Å²) >= 11 is 1.57. The van der Waals surface area contributed by atoms with Gasteiger partial charge < -0.3 is 9.80 Å². The van der Waals surface area contributed by atoms with Crippen molar-refractivity contribution in [3.8, 4) is 0 Å². The standard InChI is InChI=1S/C27H33N5OS/c1-21-26(34-25(29-21)18-22-8-3-2-4-9-22)27(33)32-13-7-10-23(20-32)19-30-14-16-31(17-15-30)24-11-5-6-12-28-24/h2-6,8-9,11-12,23H,7,10,13-20H2,1H3. The van der Waals surface area contributed by atoms with Gasteiger partial charge in [0.15, 0.2) is 0 Å². The van der Waals surface area contributed by atoms with E-state index >= 15 is 0 Å². The smallest absolute Gasteiger partial charge is 0.265 e. The van der Waals surface area contributed by atoms with Crippen LogP contribution in [0.2, 0.25) is 0 Å². The van der Waals surface area contributed by atoms with Gasteiger partial charge in [-0.25, -0.2) is 9.97 Å². The van der Waals surface area contributed by atoms with Crippen molar-refractivity contribution < 1.29 is 4.79 Å². The van der Waals surface area contributed by atoms with E-state index in [0.29, 0.717) is 5.92 Å². The lowest BCUT2D eigenvalue weighted by atomic mass is 9.97. The molecule has 34 heavy (non-hydrogen) atoms. The molecule has 1 aromatic carbocycles. The Kier molecular flexibility index (Phi) is 7.21. The summed E-state index contributed by atoms with van der Waals surface area (Å²) in [6.07, 6.45) is 4.93. The first-order valence-corrected chi connectivity index (χ1v) is 13.1. The van der Waals surface area contributed by atoms with E-state index in [2.05, 4.69) is 43.9 Å². The molecule has 1 unspecified atom stereocenters. The molecule has 2 aromatic heterocycles. The number of nitrogens with zero attached hydrogens (tertiary/aromatic N) is 5. The van der Waals surface area contributed by atoms with Gasteiger partial charge in [0, 0.05) is 58.4 Å². The Bertz CT molecular complexity index is 1080. The minimum Gasteiger partial charge on any atom is -0.354 e. The van der Waals surface area contributed by atoms with Gasteiger partial charge in [-0.1, -0.05) is 36.4 Å². The fourth-order valence-electron chi connectivity index (χ4n) is 5.10. The highest BCUT2D eigenvalue weighted by molar-refractivity contribution is 7.13. The number of hydrogen-bond donors (Lipinski definition) is 0. The van der Waals surface area contributed by atoms with E-state index in [1.807, 2.05) is 37.4 Å². The number of piperidine rings is 1. The van der Waals surface area contributed by atoms with E-state index in [4.69, 9.17) is 4.98 Å². The molecule has 5 rings (SSSR count). The van der Waals surface area contributed by atoms with Crippen molar-refractivity contribution in [3.05, 3.63) is 75.9 Å². The maximum atomic E-state index is 13.4. The Morgan fingerprint density at radius 2 is 1.82 bits per heavy atom. The predicted octanol–water partition coefficient (Wildman–Crippen LogP) is 4.11. The highest BCUT2D eigenvalue weighted by Crippen LogP contribution is 2.26. The molecule has 178 valence electrons. The van der Waals surface area contributed by atoms with Gasteiger partial charge >= 0.3 is 0 Å². The molecule has 0 aliphatic carbocycles. The van der Waals surface area contributed by atoms with Crippen molar-refractivity contribution >= 4 is 23.1 Å². The number of anilines is 1. The van der Waals surface area contributed by atoms with Gasteiger partial charge in [0.25, 0.3) is 5.91 Å². The van der Waals surface area contributed by atoms with Crippen molar-refractivity contribution in [2.45, 2.75) is 26.2 Å². The van der Waals surface area contributed by atoms with Crippen LogP contribution in [0, 0.1) is 12.8 Å². The molecule has 0 N–H and O–H groups in total. The van der Waals surface area contributed by atoms with Crippen LogP contribution < -0.4 is 4.90 Å². The van der Waals surface area contributed by atoms with Crippen LogP contribution in [0.15, 0.2) is 54.7 Å². The normalized spacial score (nSPS) is 19.4. The van der Waals surface area contributed by atoms with E-state index in [1.165, 1.54) is 12.0 Å². The van der Waals surface area contributed by atoms with Crippen LogP contribution in [0.25, 0.3) is 0 Å². The number of piperazine rings is 1. The lowest BCUT2D eigenvalue weighted by molar-refractivity contribution is 0.0641. The topological polar surface area (TPSA) is 52.6 Å². The molecule has 2 saturated heterocycles. The molecule has 7 heteroatoms. The molecule has 2 fully saturated rings. The molecule has 2 aliphatic heterocycles. The van der Waals surface area contributed by atoms with Gasteiger partial charge in [0.05, 0.1) is 10.7 Å². The summed E-state index contributed by atoms with van der Waals surface area (Å²) in [6.45, 7) is 8.88. The second-order valence-electron chi connectivity index (χ2n) is 9.42. The van der Waals surface area contributed by atoms with Gasteiger partial charge in [0.2, 0.25) is 0 Å². The number of thiazole rings is 1. The number of likely N-dealkylation sites (tertiary alicyclic amines) is 1. The minimum atomic E-state index is 0.166. The van der Waals surface area contributed by atoms with Gasteiger partial charge in [-0.3, -0.25) is 9.69 Å². The van der Waals surface area contributed by atoms with E-state index in [-0.39, 0.29) is 5.91 Å². The summed E-state index contributed by atoms with van der Waals surface area (Å²) in [5.74, 6) is 1.78. The fraction of sp³-hybridized carbons (Fsp3) is 0.444. The summed E-state index contributed by atoms with van der Waals surface area (Å²) in [6, 6.07) is 16.5. The maximum absolute atomic E-state index is 13.4. The number of hydrogen-bond acceptors (Lipinski definition) is 6. The third-order valence-electron chi connectivity index (χ3n) is 6.90. The number of carbonyl (C=O) groups is 1. The summed E-state index contributed by atoms with van der Waals surface area (Å²) in [5, 5.41) is 1.02. The van der Waals surface area contributed by atoms with Gasteiger partial charge in [-0.15, -0.1) is 11.3 Å². The minimum absolute atomic E-state index is 0.166. The third kappa shape index (κ3) is 5.47. The Hall–Kier alpha value is -2.77. The monoisotopic (exact) mass is 475 g/mol. The van der Waals surface area contributed by atoms with Gasteiger partial charge in [-0.05, 0) is 43.4 Å².